The van der Waals surface area contributed by atoms with Crippen molar-refractivity contribution >= 4 is 73.3 Å². The van der Waals surface area contributed by atoms with Crippen molar-refractivity contribution in [2.75, 3.05) is 89.5 Å². The van der Waals surface area contributed by atoms with Crippen LogP contribution in [-0.4, -0.2) is 154 Å². The average molecular weight is 1800 g/mol. The maximum absolute atomic E-state index is 13.3. The van der Waals surface area contributed by atoms with E-state index >= 15 is 0 Å². The lowest BCUT2D eigenvalue weighted by molar-refractivity contribution is 0.0852. The molecule has 3 atom stereocenters. The minimum absolute atomic E-state index is 0.0103. The third-order valence-electron chi connectivity index (χ3n) is 22.0. The molecule has 6 heterocycles. The van der Waals surface area contributed by atoms with E-state index in [0.717, 1.165) is 80.2 Å². The molecular weight excluding hydrogens is 1690 g/mol. The van der Waals surface area contributed by atoms with Gasteiger partial charge in [0.25, 0.3) is 0 Å². The summed E-state index contributed by atoms with van der Waals surface area (Å²) in [6.45, 7) is 17.7. The summed E-state index contributed by atoms with van der Waals surface area (Å²) < 4.78 is 87.6. The Labute approximate surface area is 752 Å². The lowest BCUT2D eigenvalue weighted by Crippen LogP contribution is -2.38. The molecule has 9 aromatic carbocycles. The third-order valence-corrected chi connectivity index (χ3v) is 25.3. The second kappa shape index (κ2) is 43.3. The first kappa shape index (κ1) is 94.5. The molecule has 0 bridgehead atoms. The normalized spacial score (nSPS) is 12.8. The summed E-state index contributed by atoms with van der Waals surface area (Å²) in [5.74, 6) is 4.01. The monoisotopic (exact) mass is 1800 g/mol. The number of nitrogens with zero attached hydrogens (tertiary/aromatic N) is 12. The van der Waals surface area contributed by atoms with E-state index in [-0.39, 0.29) is 56.2 Å². The number of aromatic nitrogens is 12. The Morgan fingerprint density at radius 3 is 0.798 bits per heavy atom. The zero-order valence-corrected chi connectivity index (χ0v) is 77.2. The molecule has 3 unspecified atom stereocenters. The zero-order valence-electron chi connectivity index (χ0n) is 74.6. The van der Waals surface area contributed by atoms with Crippen LogP contribution in [0.4, 0.5) is 17.5 Å². The van der Waals surface area contributed by atoms with Crippen LogP contribution in [0.5, 0.6) is 17.2 Å². The fraction of sp³-hybridized carbons (Fsp3) is 0.296. The molecule has 0 aliphatic rings. The second-order valence-electron chi connectivity index (χ2n) is 32.0. The Bertz CT molecular complexity index is 5820. The maximum Gasteiger partial charge on any atom is 0.356 e. The predicted octanol–water partition coefficient (Wildman–Crippen LogP) is 20.3. The van der Waals surface area contributed by atoms with Crippen LogP contribution in [0.15, 0.2) is 293 Å². The maximum atomic E-state index is 13.3. The standard InChI is InChI=1S/C36H44N5O5P.C32H36N5O3P.C30H32N5O5P/c1-7-31(22-44-25-47(42,45-26(2)3)46-27(4)5)41-24-39-33-34(37-23-38-35(33)41)40-36(28-14-10-8-11-15-28,29-16-12-9-13-17-29)30-18-20-32(43-6)21-19-30;1-5-27(20-40-23-41(3,4)38)37-22-35-29-30(33-21-34-31(29)37)36-32(24-12-8-6-9-13-24,25-14-10-7-11-15-25)26-16-18-28(39-2)19-17-26;1-3-25(18-40-21-41(36,37)38)35-20-33-27-28(31-19-32-29(27)35)34-30(22-10-6-4-7-11-22,23-12-8-5-9-13-23)24-14-16-26(39-2)17-15-24/h8-21,23-24,26-27,31H,7,22,25H2,1-6H3,(H,37,38,40);6-19,21-22,27H,5,20,23H2,1-4H3,(H,33,34,36);4-17,19-20,25H,3,18,21H2,1-2H3,(H,31,32,34)(H2,36,37,38). The molecule has 0 amide bonds. The highest BCUT2D eigenvalue weighted by atomic mass is 31.2. The first-order chi connectivity index (χ1) is 62.4. The van der Waals surface area contributed by atoms with Gasteiger partial charge in [-0.05, 0) is 147 Å². The molecule has 15 rings (SSSR count). The molecule has 0 radical (unpaired) electrons. The molecular formula is C98H112N15O13P3. The van der Waals surface area contributed by atoms with Gasteiger partial charge in [-0.15, -0.1) is 0 Å². The van der Waals surface area contributed by atoms with Crippen LogP contribution in [0, 0.1) is 0 Å². The molecule has 6 aromatic heterocycles. The number of hydrogen-bond donors (Lipinski definition) is 5. The number of ether oxygens (including phenoxy) is 6. The topological polar surface area (TPSA) is 332 Å². The van der Waals surface area contributed by atoms with E-state index in [2.05, 4.69) is 152 Å². The third kappa shape index (κ3) is 22.4. The minimum Gasteiger partial charge on any atom is -0.497 e. The van der Waals surface area contributed by atoms with Gasteiger partial charge < -0.3 is 81.5 Å². The summed E-state index contributed by atoms with van der Waals surface area (Å²) in [6.07, 6.45) is 10.9. The van der Waals surface area contributed by atoms with Crippen molar-refractivity contribution in [3.63, 3.8) is 0 Å². The summed E-state index contributed by atoms with van der Waals surface area (Å²) in [6, 6.07) is 85.3. The molecule has 129 heavy (non-hydrogen) atoms. The van der Waals surface area contributed by atoms with Crippen LogP contribution in [0.3, 0.4) is 0 Å². The van der Waals surface area contributed by atoms with E-state index in [9.17, 15) is 23.5 Å². The predicted molar refractivity (Wildman–Crippen MR) is 506 cm³/mol. The van der Waals surface area contributed by atoms with Gasteiger partial charge in [0.1, 0.15) is 89.2 Å². The molecule has 5 N–H and O–H groups in total. The van der Waals surface area contributed by atoms with Gasteiger partial charge in [-0.1, -0.05) is 239 Å². The smallest absolute Gasteiger partial charge is 0.356 e. The molecule has 672 valence electrons. The fourth-order valence-corrected chi connectivity index (χ4v) is 18.6. The van der Waals surface area contributed by atoms with E-state index in [1.165, 1.54) is 6.33 Å². The van der Waals surface area contributed by atoms with E-state index in [1.54, 1.807) is 66.3 Å². The van der Waals surface area contributed by atoms with E-state index in [1.807, 2.05) is 206 Å². The first-order valence-electron chi connectivity index (χ1n) is 42.8. The molecule has 0 saturated heterocycles. The van der Waals surface area contributed by atoms with Crippen molar-refractivity contribution in [3.8, 4) is 17.2 Å². The number of rotatable bonds is 40. The van der Waals surface area contributed by atoms with Gasteiger partial charge in [0.15, 0.2) is 34.4 Å². The van der Waals surface area contributed by atoms with E-state index in [4.69, 9.17) is 57.4 Å². The van der Waals surface area contributed by atoms with Crippen molar-refractivity contribution in [2.45, 2.75) is 115 Å². The number of fused-ring (bicyclic) bond motifs is 3. The van der Waals surface area contributed by atoms with Crippen LogP contribution in [0.1, 0.15) is 136 Å². The Balaban J connectivity index is 0.000000166. The summed E-state index contributed by atoms with van der Waals surface area (Å²) in [5, 5.41) is 11.4. The number of nitrogens with one attached hydrogen (secondary N) is 3. The molecule has 31 heteroatoms. The van der Waals surface area contributed by atoms with Gasteiger partial charge in [-0.3, -0.25) is 9.13 Å². The lowest BCUT2D eigenvalue weighted by atomic mass is 9.77. The number of hydrogen-bond acceptors (Lipinski definition) is 23. The van der Waals surface area contributed by atoms with Crippen molar-refractivity contribution in [2.24, 2.45) is 0 Å². The first-order valence-corrected chi connectivity index (χ1v) is 49.1. The molecule has 0 saturated carbocycles. The van der Waals surface area contributed by atoms with Crippen LogP contribution < -0.4 is 30.2 Å². The van der Waals surface area contributed by atoms with Crippen LogP contribution in [0.25, 0.3) is 33.5 Å². The van der Waals surface area contributed by atoms with Crippen molar-refractivity contribution in [3.05, 3.63) is 343 Å². The van der Waals surface area contributed by atoms with Gasteiger partial charge in [0.2, 0.25) is 0 Å². The Morgan fingerprint density at radius 1 is 0.333 bits per heavy atom. The summed E-state index contributed by atoms with van der Waals surface area (Å²) in [4.78, 5) is 60.5. The summed E-state index contributed by atoms with van der Waals surface area (Å²) >= 11 is 0. The largest absolute Gasteiger partial charge is 0.497 e. The molecule has 28 nitrogen and oxygen atoms in total. The highest BCUT2D eigenvalue weighted by Gasteiger charge is 2.42. The molecule has 0 fully saturated rings. The van der Waals surface area contributed by atoms with Crippen LogP contribution in [-0.2, 0) is 53.6 Å². The lowest BCUT2D eigenvalue weighted by Gasteiger charge is -2.37. The summed E-state index contributed by atoms with van der Waals surface area (Å²) in [5.41, 5.74) is 10.4. The SMILES string of the molecule is CCC(COCP(=O)(O)O)n1cnc2c(NC(c3ccccc3)(c3ccccc3)c3ccc(OC)cc3)ncnc21.CCC(COCP(=O)(OC(C)C)OC(C)C)n1cnc2c(NC(c3ccccc3)(c3ccccc3)c3ccc(OC)cc3)ncnc21.CCC(COCP(C)(C)=O)n1cnc2c(NC(c3ccccc3)(c3ccccc3)c3ccc(OC)cc3)ncnc21. The minimum atomic E-state index is -4.27. The highest BCUT2D eigenvalue weighted by Crippen LogP contribution is 2.52. The van der Waals surface area contributed by atoms with Crippen molar-refractivity contribution in [1.82, 2.24) is 58.6 Å². The van der Waals surface area contributed by atoms with Crippen molar-refractivity contribution in [1.29, 1.82) is 0 Å². The Hall–Kier alpha value is -12.2. The molecule has 0 spiro atoms. The number of benzene rings is 9. The average Bonchev–Trinajstić information content (AvgIpc) is 1.52. The van der Waals surface area contributed by atoms with Gasteiger partial charge in [0.05, 0.1) is 96.8 Å². The van der Waals surface area contributed by atoms with Crippen LogP contribution >= 0.6 is 22.3 Å². The van der Waals surface area contributed by atoms with Gasteiger partial charge in [-0.2, -0.15) is 0 Å². The molecule has 0 aliphatic heterocycles. The van der Waals surface area contributed by atoms with Gasteiger partial charge in [0, 0.05) is 0 Å². The van der Waals surface area contributed by atoms with Crippen molar-refractivity contribution < 1.29 is 61.0 Å². The van der Waals surface area contributed by atoms with E-state index < -0.39 is 45.3 Å². The molecule has 15 aromatic rings. The number of methoxy groups -OCH3 is 3. The van der Waals surface area contributed by atoms with E-state index in [0.29, 0.717) is 64.0 Å². The zero-order chi connectivity index (χ0) is 91.2. The Morgan fingerprint density at radius 2 is 0.574 bits per heavy atom. The number of imidazole rings is 3. The molecule has 0 aliphatic carbocycles. The second-order valence-corrected chi connectivity index (χ2v) is 38.9. The van der Waals surface area contributed by atoms with Crippen LogP contribution in [0.2, 0.25) is 0 Å². The highest BCUT2D eigenvalue weighted by molar-refractivity contribution is 7.62. The van der Waals surface area contributed by atoms with Gasteiger partial charge >= 0.3 is 15.2 Å². The fourth-order valence-electron chi connectivity index (χ4n) is 15.9. The number of anilines is 3. The summed E-state index contributed by atoms with van der Waals surface area (Å²) in [7, 11) is -5.01. The van der Waals surface area contributed by atoms with Gasteiger partial charge in [-0.25, -0.2) is 44.9 Å². The Kier molecular flexibility index (Phi) is 31.7. The quantitative estimate of drug-likeness (QED) is 0.0176.